The van der Waals surface area contributed by atoms with Gasteiger partial charge in [0, 0.05) is 18.4 Å². The molecule has 5 rings (SSSR count). The molecular weight excluding hydrogens is 570 g/mol. The summed E-state index contributed by atoms with van der Waals surface area (Å²) in [4.78, 5) is 14.2. The summed E-state index contributed by atoms with van der Waals surface area (Å²) in [5.41, 5.74) is -1.65. The van der Waals surface area contributed by atoms with Gasteiger partial charge in [0.15, 0.2) is 5.75 Å². The SMILES string of the molecule is CC(C)(C#N)c1nnc(-c2cc3c(cc2F)C(F)(F)CCC(=O)N3Cc2ccc(-n3cc(OC(F)(F)F)cn3)cc2)o1. The van der Waals surface area contributed by atoms with E-state index < -0.39 is 53.6 Å². The Morgan fingerprint density at radius 1 is 1.14 bits per heavy atom. The quantitative estimate of drug-likeness (QED) is 0.247. The van der Waals surface area contributed by atoms with Gasteiger partial charge in [-0.05, 0) is 43.7 Å². The number of carbonyl (C=O) groups excluding carboxylic acids is 1. The highest BCUT2D eigenvalue weighted by atomic mass is 19.4. The number of benzene rings is 2. The van der Waals surface area contributed by atoms with E-state index >= 15 is 13.2 Å². The third kappa shape index (κ3) is 5.65. The van der Waals surface area contributed by atoms with Crippen molar-refractivity contribution in [1.29, 1.82) is 5.26 Å². The van der Waals surface area contributed by atoms with E-state index in [4.69, 9.17) is 4.42 Å². The third-order valence-corrected chi connectivity index (χ3v) is 6.53. The maximum Gasteiger partial charge on any atom is 0.573 e. The number of hydrogen-bond acceptors (Lipinski definition) is 7. The van der Waals surface area contributed by atoms with Crippen molar-refractivity contribution in [2.75, 3.05) is 4.90 Å². The zero-order valence-corrected chi connectivity index (χ0v) is 21.9. The molecule has 0 bridgehead atoms. The molecule has 0 spiro atoms. The second kappa shape index (κ2) is 10.2. The molecule has 218 valence electrons. The monoisotopic (exact) mass is 590 g/mol. The van der Waals surface area contributed by atoms with Gasteiger partial charge in [0.25, 0.3) is 11.8 Å². The molecule has 0 unspecified atom stereocenters. The number of nitrogens with zero attached hydrogens (tertiary/aromatic N) is 6. The smallest absolute Gasteiger partial charge is 0.419 e. The lowest BCUT2D eigenvalue weighted by molar-refractivity contribution is -0.274. The maximum atomic E-state index is 15.2. The molecule has 0 saturated heterocycles. The van der Waals surface area contributed by atoms with E-state index in [1.807, 2.05) is 6.07 Å². The fourth-order valence-corrected chi connectivity index (χ4v) is 4.29. The summed E-state index contributed by atoms with van der Waals surface area (Å²) in [6.07, 6.45) is -4.33. The van der Waals surface area contributed by atoms with Gasteiger partial charge >= 0.3 is 6.36 Å². The van der Waals surface area contributed by atoms with Crippen LogP contribution in [0, 0.1) is 17.1 Å². The van der Waals surface area contributed by atoms with Gasteiger partial charge in [-0.25, -0.2) is 17.9 Å². The molecular formula is C27H20F6N6O3. The van der Waals surface area contributed by atoms with Gasteiger partial charge in [0.1, 0.15) is 11.2 Å². The Bertz CT molecular complexity index is 1690. The predicted molar refractivity (Wildman–Crippen MR) is 133 cm³/mol. The first-order valence-corrected chi connectivity index (χ1v) is 12.3. The molecule has 0 saturated carbocycles. The van der Waals surface area contributed by atoms with Crippen molar-refractivity contribution in [1.82, 2.24) is 20.0 Å². The number of fused-ring (bicyclic) bond motifs is 1. The first kappa shape index (κ1) is 28.7. The van der Waals surface area contributed by atoms with Gasteiger partial charge in [-0.2, -0.15) is 10.4 Å². The predicted octanol–water partition coefficient (Wildman–Crippen LogP) is 6.18. The van der Waals surface area contributed by atoms with Gasteiger partial charge < -0.3 is 14.1 Å². The minimum absolute atomic E-state index is 0.109. The molecule has 2 aromatic heterocycles. The van der Waals surface area contributed by atoms with E-state index in [-0.39, 0.29) is 29.6 Å². The molecule has 9 nitrogen and oxygen atoms in total. The van der Waals surface area contributed by atoms with Crippen LogP contribution in [0.15, 0.2) is 53.2 Å². The van der Waals surface area contributed by atoms with Crippen LogP contribution in [-0.4, -0.2) is 32.2 Å². The van der Waals surface area contributed by atoms with Crippen molar-refractivity contribution in [3.05, 3.63) is 71.6 Å². The zero-order valence-electron chi connectivity index (χ0n) is 21.9. The highest BCUT2D eigenvalue weighted by Gasteiger charge is 2.41. The van der Waals surface area contributed by atoms with Gasteiger partial charge in [-0.3, -0.25) is 4.79 Å². The summed E-state index contributed by atoms with van der Waals surface area (Å²) < 4.78 is 93.2. The van der Waals surface area contributed by atoms with Crippen LogP contribution in [0.3, 0.4) is 0 Å². The number of hydrogen-bond donors (Lipinski definition) is 0. The number of alkyl halides is 5. The zero-order chi connectivity index (χ0) is 30.4. The van der Waals surface area contributed by atoms with Crippen molar-refractivity contribution < 1.29 is 40.3 Å². The van der Waals surface area contributed by atoms with Gasteiger partial charge in [0.05, 0.1) is 41.9 Å². The largest absolute Gasteiger partial charge is 0.573 e. The Morgan fingerprint density at radius 2 is 1.86 bits per heavy atom. The fraction of sp³-hybridized carbons (Fsp3) is 0.296. The van der Waals surface area contributed by atoms with Crippen molar-refractivity contribution >= 4 is 11.6 Å². The second-order valence-electron chi connectivity index (χ2n) is 10.0. The topological polar surface area (TPSA) is 110 Å². The first-order valence-electron chi connectivity index (χ1n) is 12.3. The number of nitriles is 1. The molecule has 1 aliphatic heterocycles. The van der Waals surface area contributed by atoms with Crippen LogP contribution in [-0.2, 0) is 22.7 Å². The van der Waals surface area contributed by atoms with Crippen LogP contribution >= 0.6 is 0 Å². The third-order valence-electron chi connectivity index (χ3n) is 6.53. The van der Waals surface area contributed by atoms with E-state index in [9.17, 15) is 23.2 Å². The van der Waals surface area contributed by atoms with E-state index in [0.29, 0.717) is 17.3 Å². The Labute approximate surface area is 233 Å². The van der Waals surface area contributed by atoms with E-state index in [1.165, 1.54) is 38.1 Å². The van der Waals surface area contributed by atoms with Crippen LogP contribution in [0.25, 0.3) is 17.1 Å². The second-order valence-corrected chi connectivity index (χ2v) is 10.0. The number of ether oxygens (including phenoxy) is 1. The lowest BCUT2D eigenvalue weighted by atomic mass is 9.96. The van der Waals surface area contributed by atoms with Crippen molar-refractivity contribution in [2.24, 2.45) is 0 Å². The molecule has 4 aromatic rings. The molecule has 0 radical (unpaired) electrons. The number of rotatable bonds is 6. The summed E-state index contributed by atoms with van der Waals surface area (Å²) in [7, 11) is 0. The van der Waals surface area contributed by atoms with E-state index in [0.717, 1.165) is 28.0 Å². The molecule has 1 aliphatic rings. The standard InChI is InChI=1S/C27H20F6N6O3/c1-25(2,14-34)24-37-36-23(41-24)18-9-21-19(10-20(18)28)26(29,30)8-7-22(40)38(21)12-15-3-5-16(6-4-15)39-13-17(11-35-39)42-27(31,32)33/h3-6,9-11,13H,7-8,12H2,1-2H3. The lowest BCUT2D eigenvalue weighted by Crippen LogP contribution is -2.29. The number of amides is 1. The number of anilines is 1. The molecule has 0 atom stereocenters. The molecule has 15 heteroatoms. The Kier molecular flexibility index (Phi) is 6.96. The lowest BCUT2D eigenvalue weighted by Gasteiger charge is -2.25. The highest BCUT2D eigenvalue weighted by Crippen LogP contribution is 2.45. The maximum absolute atomic E-state index is 15.2. The normalized spacial score (nSPS) is 15.2. The summed E-state index contributed by atoms with van der Waals surface area (Å²) in [6.45, 7) is 2.82. The van der Waals surface area contributed by atoms with Gasteiger partial charge in [-0.15, -0.1) is 23.4 Å². The molecule has 0 fully saturated rings. The minimum atomic E-state index is -4.88. The first-order chi connectivity index (χ1) is 19.7. The molecule has 0 aliphatic carbocycles. The van der Waals surface area contributed by atoms with E-state index in [1.54, 1.807) is 0 Å². The Morgan fingerprint density at radius 3 is 2.52 bits per heavy atom. The van der Waals surface area contributed by atoms with Crippen molar-refractivity contribution in [2.45, 2.75) is 50.9 Å². The Balaban J connectivity index is 1.48. The van der Waals surface area contributed by atoms with Crippen LogP contribution in [0.2, 0.25) is 0 Å². The molecule has 0 N–H and O–H groups in total. The van der Waals surface area contributed by atoms with Crippen molar-refractivity contribution in [3.8, 4) is 29.0 Å². The number of aromatic nitrogens is 4. The highest BCUT2D eigenvalue weighted by molar-refractivity contribution is 5.96. The molecule has 1 amide bonds. The fourth-order valence-electron chi connectivity index (χ4n) is 4.29. The average Bonchev–Trinajstić information content (AvgIpc) is 3.59. The van der Waals surface area contributed by atoms with Crippen LogP contribution < -0.4 is 9.64 Å². The van der Waals surface area contributed by atoms with Gasteiger partial charge in [0.2, 0.25) is 11.8 Å². The van der Waals surface area contributed by atoms with Crippen LogP contribution in [0.4, 0.5) is 32.0 Å². The van der Waals surface area contributed by atoms with Crippen molar-refractivity contribution in [3.63, 3.8) is 0 Å². The molecule has 3 heterocycles. The number of halogens is 6. The Hall–Kier alpha value is -4.87. The molecule has 42 heavy (non-hydrogen) atoms. The van der Waals surface area contributed by atoms with Crippen LogP contribution in [0.1, 0.15) is 43.7 Å². The molecule has 2 aromatic carbocycles. The van der Waals surface area contributed by atoms with E-state index in [2.05, 4.69) is 20.0 Å². The van der Waals surface area contributed by atoms with Gasteiger partial charge in [-0.1, -0.05) is 12.1 Å². The van der Waals surface area contributed by atoms with Crippen LogP contribution in [0.5, 0.6) is 5.75 Å². The number of carbonyl (C=O) groups is 1. The summed E-state index contributed by atoms with van der Waals surface area (Å²) >= 11 is 0. The summed E-state index contributed by atoms with van der Waals surface area (Å²) in [5, 5.41) is 20.7. The minimum Gasteiger partial charge on any atom is -0.419 e. The summed E-state index contributed by atoms with van der Waals surface area (Å²) in [5.74, 6) is -6.24. The average molecular weight is 590 g/mol. The summed E-state index contributed by atoms with van der Waals surface area (Å²) in [6, 6.07) is 9.73.